The third-order valence-corrected chi connectivity index (χ3v) is 6.63. The molecule has 132 valence electrons. The van der Waals surface area contributed by atoms with Gasteiger partial charge >= 0.3 is 0 Å². The molecular formula is C21H16N4OS. The van der Waals surface area contributed by atoms with E-state index in [2.05, 4.69) is 74.8 Å². The van der Waals surface area contributed by atoms with Gasteiger partial charge in [-0.05, 0) is 23.3 Å². The number of carbonyl (C=O) groups is 1. The quantitative estimate of drug-likeness (QED) is 0.487. The number of aromatic amines is 1. The van der Waals surface area contributed by atoms with Crippen LogP contribution in [0.25, 0.3) is 22.2 Å². The van der Waals surface area contributed by atoms with E-state index in [1.54, 1.807) is 11.8 Å². The number of amides is 1. The van der Waals surface area contributed by atoms with Gasteiger partial charge in [0.1, 0.15) is 0 Å². The highest BCUT2D eigenvalue weighted by Gasteiger charge is 2.32. The van der Waals surface area contributed by atoms with Crippen molar-refractivity contribution in [3.05, 3.63) is 71.4 Å². The number of aromatic nitrogens is 3. The molecule has 0 radical (unpaired) electrons. The Hall–Kier alpha value is -2.99. The number of anilines is 1. The average molecular weight is 372 g/mol. The zero-order chi connectivity index (χ0) is 18.0. The minimum atomic E-state index is -0.00541. The molecule has 4 bridgehead atoms. The number of para-hydroxylation sites is 1. The minimum Gasteiger partial charge on any atom is -0.343 e. The molecule has 4 heterocycles. The molecule has 0 saturated heterocycles. The lowest BCUT2D eigenvalue weighted by Crippen LogP contribution is -2.12. The van der Waals surface area contributed by atoms with E-state index in [1.165, 1.54) is 22.0 Å². The molecule has 1 amide bonds. The van der Waals surface area contributed by atoms with Crippen LogP contribution in [0, 0.1) is 0 Å². The summed E-state index contributed by atoms with van der Waals surface area (Å²) in [4.78, 5) is 12.3. The van der Waals surface area contributed by atoms with Crippen LogP contribution < -0.4 is 5.32 Å². The van der Waals surface area contributed by atoms with Gasteiger partial charge in [0.2, 0.25) is 5.91 Å². The third-order valence-electron chi connectivity index (χ3n) is 5.38. The van der Waals surface area contributed by atoms with Crippen molar-refractivity contribution in [2.45, 2.75) is 11.8 Å². The fraction of sp³-hybridized carbons (Fsp3) is 0.143. The number of fused-ring (bicyclic) bond motifs is 9. The summed E-state index contributed by atoms with van der Waals surface area (Å²) >= 11 is 1.66. The van der Waals surface area contributed by atoms with E-state index < -0.39 is 0 Å². The first-order valence-corrected chi connectivity index (χ1v) is 9.99. The summed E-state index contributed by atoms with van der Waals surface area (Å²) in [6.45, 7) is 0.819. The number of carbonyl (C=O) groups excluding carboxylic acids is 1. The van der Waals surface area contributed by atoms with Crippen molar-refractivity contribution >= 4 is 34.4 Å². The highest BCUT2D eigenvalue weighted by Crippen LogP contribution is 2.48. The summed E-state index contributed by atoms with van der Waals surface area (Å²) in [5, 5.41) is 11.9. The molecule has 2 aromatic carbocycles. The van der Waals surface area contributed by atoms with Crippen LogP contribution in [0.15, 0.2) is 54.7 Å². The molecule has 2 aliphatic rings. The van der Waals surface area contributed by atoms with Gasteiger partial charge in [0.15, 0.2) is 5.82 Å². The number of thioether (sulfide) groups is 1. The summed E-state index contributed by atoms with van der Waals surface area (Å²) in [7, 11) is 0. The molecule has 1 unspecified atom stereocenters. The van der Waals surface area contributed by atoms with Crippen LogP contribution in [0.3, 0.4) is 0 Å². The molecule has 27 heavy (non-hydrogen) atoms. The number of nitrogens with one attached hydrogen (secondary N) is 2. The minimum absolute atomic E-state index is 0.00541. The van der Waals surface area contributed by atoms with E-state index in [0.29, 0.717) is 11.6 Å². The zero-order valence-corrected chi connectivity index (χ0v) is 15.2. The molecule has 4 aromatic rings. The van der Waals surface area contributed by atoms with Crippen LogP contribution in [-0.2, 0) is 11.3 Å². The van der Waals surface area contributed by atoms with Crippen molar-refractivity contribution in [1.29, 1.82) is 0 Å². The van der Waals surface area contributed by atoms with E-state index in [-0.39, 0.29) is 11.2 Å². The van der Waals surface area contributed by atoms with E-state index >= 15 is 0 Å². The Morgan fingerprint density at radius 3 is 3.04 bits per heavy atom. The first kappa shape index (κ1) is 15.1. The van der Waals surface area contributed by atoms with E-state index in [4.69, 9.17) is 0 Å². The standard InChI is InChI=1S/C21H16N4OS/c26-17-11-27-20-15-10-25(16-7-2-1-6-14(15)16)9-12-4-3-5-13(8-12)19-18(20)21(22-17)24-23-19/h1-8,10,20H,9,11H2,(H2,22,23,24,26). The van der Waals surface area contributed by atoms with Crippen molar-refractivity contribution in [1.82, 2.24) is 14.8 Å². The molecule has 1 atom stereocenters. The summed E-state index contributed by atoms with van der Waals surface area (Å²) in [6.07, 6.45) is 2.25. The second-order valence-electron chi connectivity index (χ2n) is 7.03. The number of hydrogen-bond donors (Lipinski definition) is 2. The second kappa shape index (κ2) is 5.50. The molecule has 0 fully saturated rings. The van der Waals surface area contributed by atoms with Crippen molar-refractivity contribution in [2.24, 2.45) is 0 Å². The lowest BCUT2D eigenvalue weighted by molar-refractivity contribution is -0.113. The summed E-state index contributed by atoms with van der Waals surface area (Å²) in [5.74, 6) is 1.06. The SMILES string of the molecule is O=C1CSC2c3c(n[nH]c3-c3cccc(c3)Cn3cc2c2ccccc23)N1. The maximum atomic E-state index is 12.3. The van der Waals surface area contributed by atoms with Gasteiger partial charge in [-0.15, -0.1) is 11.8 Å². The molecule has 6 heteroatoms. The lowest BCUT2D eigenvalue weighted by Gasteiger charge is -2.17. The van der Waals surface area contributed by atoms with E-state index in [1.807, 2.05) is 0 Å². The van der Waals surface area contributed by atoms with Crippen LogP contribution >= 0.6 is 11.8 Å². The van der Waals surface area contributed by atoms with Gasteiger partial charge in [0.05, 0.1) is 16.7 Å². The van der Waals surface area contributed by atoms with Gasteiger partial charge in [0, 0.05) is 34.8 Å². The Bertz CT molecular complexity index is 1220. The maximum absolute atomic E-state index is 12.3. The molecule has 0 saturated carbocycles. The Labute approximate surface area is 159 Å². The zero-order valence-electron chi connectivity index (χ0n) is 14.4. The smallest absolute Gasteiger partial charge is 0.235 e. The molecule has 5 nitrogen and oxygen atoms in total. The van der Waals surface area contributed by atoms with E-state index in [9.17, 15) is 4.79 Å². The third kappa shape index (κ3) is 2.20. The van der Waals surface area contributed by atoms with Crippen molar-refractivity contribution in [2.75, 3.05) is 11.1 Å². The van der Waals surface area contributed by atoms with Crippen molar-refractivity contribution in [3.8, 4) is 11.3 Å². The summed E-state index contributed by atoms with van der Waals surface area (Å²) < 4.78 is 2.31. The number of H-pyrrole nitrogens is 1. The highest BCUT2D eigenvalue weighted by molar-refractivity contribution is 8.00. The average Bonchev–Trinajstić information content (AvgIpc) is 3.20. The summed E-state index contributed by atoms with van der Waals surface area (Å²) in [6, 6.07) is 17.1. The van der Waals surface area contributed by atoms with Gasteiger partial charge in [0.25, 0.3) is 0 Å². The predicted molar refractivity (Wildman–Crippen MR) is 108 cm³/mol. The van der Waals surface area contributed by atoms with Gasteiger partial charge in [-0.25, -0.2) is 0 Å². The highest BCUT2D eigenvalue weighted by atomic mass is 32.2. The number of benzene rings is 2. The van der Waals surface area contributed by atoms with Gasteiger partial charge < -0.3 is 9.88 Å². The van der Waals surface area contributed by atoms with Crippen LogP contribution in [0.4, 0.5) is 5.82 Å². The number of rotatable bonds is 0. The molecule has 2 aromatic heterocycles. The molecule has 2 N–H and O–H groups in total. The number of hydrogen-bond acceptors (Lipinski definition) is 3. The topological polar surface area (TPSA) is 62.7 Å². The van der Waals surface area contributed by atoms with Crippen LogP contribution in [-0.4, -0.2) is 26.4 Å². The van der Waals surface area contributed by atoms with Crippen molar-refractivity contribution in [3.63, 3.8) is 0 Å². The van der Waals surface area contributed by atoms with Gasteiger partial charge in [-0.1, -0.05) is 36.4 Å². The predicted octanol–water partition coefficient (Wildman–Crippen LogP) is 4.17. The van der Waals surface area contributed by atoms with Gasteiger partial charge in [-0.2, -0.15) is 5.10 Å². The first-order valence-electron chi connectivity index (χ1n) is 8.95. The monoisotopic (exact) mass is 372 g/mol. The largest absolute Gasteiger partial charge is 0.343 e. The molecule has 0 aliphatic carbocycles. The number of nitrogens with zero attached hydrogens (tertiary/aromatic N) is 2. The fourth-order valence-electron chi connectivity index (χ4n) is 4.21. The van der Waals surface area contributed by atoms with Crippen molar-refractivity contribution < 1.29 is 4.79 Å². The normalized spacial score (nSPS) is 17.9. The Morgan fingerprint density at radius 1 is 1.15 bits per heavy atom. The molecular weight excluding hydrogens is 356 g/mol. The lowest BCUT2D eigenvalue weighted by atomic mass is 9.98. The van der Waals surface area contributed by atoms with E-state index in [0.717, 1.165) is 23.4 Å². The second-order valence-corrected chi connectivity index (χ2v) is 8.12. The van der Waals surface area contributed by atoms with Crippen LogP contribution in [0.5, 0.6) is 0 Å². The fourth-order valence-corrected chi connectivity index (χ4v) is 5.37. The van der Waals surface area contributed by atoms with Crippen LogP contribution in [0.2, 0.25) is 0 Å². The first-order chi connectivity index (χ1) is 13.3. The molecule has 0 spiro atoms. The Kier molecular flexibility index (Phi) is 3.08. The Morgan fingerprint density at radius 2 is 2.07 bits per heavy atom. The van der Waals surface area contributed by atoms with Gasteiger partial charge in [-0.3, -0.25) is 9.89 Å². The Balaban J connectivity index is 1.74. The van der Waals surface area contributed by atoms with Crippen LogP contribution in [0.1, 0.15) is 21.9 Å². The molecule has 2 aliphatic heterocycles. The summed E-state index contributed by atoms with van der Waals surface area (Å²) in [5.41, 5.74) is 6.86. The molecule has 6 rings (SSSR count). The maximum Gasteiger partial charge on any atom is 0.235 e.